The molecule has 1 aliphatic heterocycles. The smallest absolute Gasteiger partial charge is 0.132 e. The zero-order chi connectivity index (χ0) is 13.1. The molecule has 0 saturated carbocycles. The van der Waals surface area contributed by atoms with Crippen LogP contribution < -0.4 is 10.1 Å². The van der Waals surface area contributed by atoms with Gasteiger partial charge < -0.3 is 10.1 Å². The van der Waals surface area contributed by atoms with E-state index in [4.69, 9.17) is 10.00 Å². The second kappa shape index (κ2) is 5.13. The first kappa shape index (κ1) is 11.8. The maximum Gasteiger partial charge on any atom is 0.132 e. The third-order valence-corrected chi connectivity index (χ3v) is 3.27. The van der Waals surface area contributed by atoms with Crippen LogP contribution in [0.5, 0.6) is 11.5 Å². The van der Waals surface area contributed by atoms with Gasteiger partial charge in [-0.05, 0) is 12.1 Å². The summed E-state index contributed by atoms with van der Waals surface area (Å²) in [6, 6.07) is 18.3. The van der Waals surface area contributed by atoms with Crippen LogP contribution in [0.1, 0.15) is 23.6 Å². The molecule has 0 atom stereocenters. The molecule has 1 heterocycles. The van der Waals surface area contributed by atoms with E-state index >= 15 is 0 Å². The highest BCUT2D eigenvalue weighted by molar-refractivity contribution is 5.52. The van der Waals surface area contributed by atoms with Crippen molar-refractivity contribution in [3.05, 3.63) is 59.7 Å². The fourth-order valence-electron chi connectivity index (χ4n) is 2.40. The molecular formula is C16H14N2O. The summed E-state index contributed by atoms with van der Waals surface area (Å²) in [5, 5.41) is 12.1. The summed E-state index contributed by atoms with van der Waals surface area (Å²) < 4.78 is 5.91. The van der Waals surface area contributed by atoms with Gasteiger partial charge in [-0.2, -0.15) is 5.26 Å². The van der Waals surface area contributed by atoms with E-state index in [-0.39, 0.29) is 6.04 Å². The number of ether oxygens (including phenoxy) is 1. The van der Waals surface area contributed by atoms with Crippen LogP contribution in [0.3, 0.4) is 0 Å². The summed E-state index contributed by atoms with van der Waals surface area (Å²) in [5.74, 6) is 1.77. The molecule has 1 N–H and O–H groups in total. The van der Waals surface area contributed by atoms with E-state index in [9.17, 15) is 0 Å². The maximum atomic E-state index is 8.67. The maximum absolute atomic E-state index is 8.67. The molecule has 0 spiro atoms. The SMILES string of the molecule is N#CCCNC1c2ccccc2Oc2ccccc21. The predicted octanol–water partition coefficient (Wildman–Crippen LogP) is 3.38. The predicted molar refractivity (Wildman–Crippen MR) is 73.0 cm³/mol. The minimum atomic E-state index is 0.0921. The number of fused-ring (bicyclic) bond motifs is 2. The third-order valence-electron chi connectivity index (χ3n) is 3.27. The molecule has 3 nitrogen and oxygen atoms in total. The molecule has 3 heteroatoms. The van der Waals surface area contributed by atoms with Crippen molar-refractivity contribution in [1.29, 1.82) is 5.26 Å². The van der Waals surface area contributed by atoms with Gasteiger partial charge in [-0.25, -0.2) is 0 Å². The van der Waals surface area contributed by atoms with Crippen LogP contribution in [0.25, 0.3) is 0 Å². The molecule has 1 aliphatic rings. The lowest BCUT2D eigenvalue weighted by Crippen LogP contribution is -2.26. The van der Waals surface area contributed by atoms with Crippen LogP contribution in [0.4, 0.5) is 0 Å². The van der Waals surface area contributed by atoms with Crippen LogP contribution in [0.15, 0.2) is 48.5 Å². The zero-order valence-corrected chi connectivity index (χ0v) is 10.5. The molecule has 19 heavy (non-hydrogen) atoms. The van der Waals surface area contributed by atoms with Crippen LogP contribution in [0.2, 0.25) is 0 Å². The summed E-state index contributed by atoms with van der Waals surface area (Å²) in [6.45, 7) is 0.670. The van der Waals surface area contributed by atoms with Gasteiger partial charge in [0.25, 0.3) is 0 Å². The molecule has 3 rings (SSSR count). The molecule has 0 fully saturated rings. The first-order valence-electron chi connectivity index (χ1n) is 6.36. The van der Waals surface area contributed by atoms with Gasteiger partial charge in [0.05, 0.1) is 12.1 Å². The Labute approximate surface area is 112 Å². The van der Waals surface area contributed by atoms with E-state index in [1.165, 1.54) is 0 Å². The van der Waals surface area contributed by atoms with Crippen molar-refractivity contribution >= 4 is 0 Å². The molecular weight excluding hydrogens is 236 g/mol. The number of benzene rings is 2. The highest BCUT2D eigenvalue weighted by atomic mass is 16.5. The molecule has 0 amide bonds. The van der Waals surface area contributed by atoms with Crippen LogP contribution in [0, 0.1) is 11.3 Å². The molecule has 0 aromatic heterocycles. The van der Waals surface area contributed by atoms with Crippen LogP contribution >= 0.6 is 0 Å². The summed E-state index contributed by atoms with van der Waals surface area (Å²) in [6.07, 6.45) is 0.502. The molecule has 0 unspecified atom stereocenters. The molecule has 0 radical (unpaired) electrons. The van der Waals surface area contributed by atoms with E-state index in [1.807, 2.05) is 36.4 Å². The van der Waals surface area contributed by atoms with Gasteiger partial charge in [0.2, 0.25) is 0 Å². The van der Waals surface area contributed by atoms with Crippen molar-refractivity contribution in [3.8, 4) is 17.6 Å². The zero-order valence-electron chi connectivity index (χ0n) is 10.5. The Morgan fingerprint density at radius 2 is 1.58 bits per heavy atom. The van der Waals surface area contributed by atoms with E-state index in [2.05, 4.69) is 23.5 Å². The molecule has 94 valence electrons. The molecule has 2 aromatic rings. The first-order chi connectivity index (χ1) is 9.40. The number of nitriles is 1. The van der Waals surface area contributed by atoms with E-state index < -0.39 is 0 Å². The largest absolute Gasteiger partial charge is 0.457 e. The second-order valence-electron chi connectivity index (χ2n) is 4.47. The molecule has 0 bridgehead atoms. The minimum absolute atomic E-state index is 0.0921. The summed E-state index contributed by atoms with van der Waals surface area (Å²) >= 11 is 0. The number of nitrogens with zero attached hydrogens (tertiary/aromatic N) is 1. The highest BCUT2D eigenvalue weighted by Crippen LogP contribution is 2.42. The van der Waals surface area contributed by atoms with Crippen molar-refractivity contribution in [3.63, 3.8) is 0 Å². The van der Waals surface area contributed by atoms with Gasteiger partial charge in [-0.15, -0.1) is 0 Å². The van der Waals surface area contributed by atoms with Crippen molar-refractivity contribution in [1.82, 2.24) is 5.32 Å². The standard InChI is InChI=1S/C16H14N2O/c17-10-5-11-18-16-12-6-1-3-8-14(12)19-15-9-4-2-7-13(15)16/h1-4,6-9,16,18H,5,11H2. The number of para-hydroxylation sites is 2. The van der Waals surface area contributed by atoms with E-state index in [0.29, 0.717) is 13.0 Å². The highest BCUT2D eigenvalue weighted by Gasteiger charge is 2.25. The summed E-state index contributed by atoms with van der Waals surface area (Å²) in [4.78, 5) is 0. The van der Waals surface area contributed by atoms with E-state index in [0.717, 1.165) is 22.6 Å². The molecule has 0 aliphatic carbocycles. The summed E-state index contributed by atoms with van der Waals surface area (Å²) in [5.41, 5.74) is 2.25. The van der Waals surface area contributed by atoms with Crippen LogP contribution in [-0.2, 0) is 0 Å². The van der Waals surface area contributed by atoms with Gasteiger partial charge in [0, 0.05) is 24.1 Å². The number of hydrogen-bond acceptors (Lipinski definition) is 3. The number of hydrogen-bond donors (Lipinski definition) is 1. The average molecular weight is 250 g/mol. The molecule has 0 saturated heterocycles. The Hall–Kier alpha value is -2.31. The topological polar surface area (TPSA) is 45.0 Å². The number of nitrogens with one attached hydrogen (secondary N) is 1. The Kier molecular flexibility index (Phi) is 3.18. The van der Waals surface area contributed by atoms with Gasteiger partial charge in [-0.3, -0.25) is 0 Å². The minimum Gasteiger partial charge on any atom is -0.457 e. The van der Waals surface area contributed by atoms with Crippen molar-refractivity contribution < 1.29 is 4.74 Å². The quantitative estimate of drug-likeness (QED) is 0.849. The summed E-state index contributed by atoms with van der Waals surface area (Å²) in [7, 11) is 0. The van der Waals surface area contributed by atoms with Gasteiger partial charge in [0.15, 0.2) is 0 Å². The van der Waals surface area contributed by atoms with Crippen molar-refractivity contribution in [2.24, 2.45) is 0 Å². The van der Waals surface area contributed by atoms with Crippen molar-refractivity contribution in [2.45, 2.75) is 12.5 Å². The Morgan fingerprint density at radius 1 is 1.00 bits per heavy atom. The van der Waals surface area contributed by atoms with Gasteiger partial charge in [0.1, 0.15) is 11.5 Å². The fourth-order valence-corrected chi connectivity index (χ4v) is 2.40. The van der Waals surface area contributed by atoms with E-state index in [1.54, 1.807) is 0 Å². The van der Waals surface area contributed by atoms with Gasteiger partial charge in [-0.1, -0.05) is 36.4 Å². The Bertz CT molecular complexity index is 585. The lowest BCUT2D eigenvalue weighted by atomic mass is 9.94. The van der Waals surface area contributed by atoms with Crippen LogP contribution in [-0.4, -0.2) is 6.54 Å². The van der Waals surface area contributed by atoms with Gasteiger partial charge >= 0.3 is 0 Å². The average Bonchev–Trinajstić information content (AvgIpc) is 2.46. The molecule has 2 aromatic carbocycles. The number of rotatable bonds is 3. The lowest BCUT2D eigenvalue weighted by Gasteiger charge is -2.28. The monoisotopic (exact) mass is 250 g/mol. The third kappa shape index (κ3) is 2.18. The second-order valence-corrected chi connectivity index (χ2v) is 4.47. The normalized spacial score (nSPS) is 13.0. The van der Waals surface area contributed by atoms with Crippen molar-refractivity contribution in [2.75, 3.05) is 6.54 Å². The Morgan fingerprint density at radius 3 is 2.16 bits per heavy atom. The first-order valence-corrected chi connectivity index (χ1v) is 6.36. The lowest BCUT2D eigenvalue weighted by molar-refractivity contribution is 0.429. The fraction of sp³-hybridized carbons (Fsp3) is 0.188. The Balaban J connectivity index is 1.99.